The normalized spacial score (nSPS) is 11.4. The maximum atomic E-state index is 14.9. The minimum Gasteiger partial charge on any atom is -0.436 e. The number of hydrogen-bond acceptors (Lipinski definition) is 6. The fourth-order valence-corrected chi connectivity index (χ4v) is 3.93. The van der Waals surface area contributed by atoms with E-state index in [1.165, 1.54) is 42.6 Å². The molecular weight excluding hydrogens is 466 g/mol. The van der Waals surface area contributed by atoms with E-state index < -0.39 is 27.3 Å². The van der Waals surface area contributed by atoms with Crippen LogP contribution in [0.15, 0.2) is 75.9 Å². The topological polar surface area (TPSA) is 98.5 Å². The van der Waals surface area contributed by atoms with Gasteiger partial charge in [-0.05, 0) is 48.4 Å². The zero-order valence-electron chi connectivity index (χ0n) is 17.8. The largest absolute Gasteiger partial charge is 0.436 e. The van der Waals surface area contributed by atoms with Gasteiger partial charge in [-0.25, -0.2) is 27.0 Å². The van der Waals surface area contributed by atoms with Gasteiger partial charge in [0.1, 0.15) is 11.3 Å². The Bertz CT molecular complexity index is 1580. The highest BCUT2D eigenvalue weighted by atomic mass is 32.2. The molecule has 2 aromatic carbocycles. The molecule has 7 nitrogen and oxygen atoms in total. The Hall–Kier alpha value is -4.05. The molecule has 0 aliphatic rings. The average molecular weight is 484 g/mol. The van der Waals surface area contributed by atoms with Gasteiger partial charge in [0.25, 0.3) is 15.9 Å². The Morgan fingerprint density at radius 2 is 1.97 bits per heavy atom. The van der Waals surface area contributed by atoms with E-state index >= 15 is 0 Å². The maximum Gasteiger partial charge on any atom is 0.340 e. The third-order valence-corrected chi connectivity index (χ3v) is 6.06. The first-order valence-corrected chi connectivity index (χ1v) is 11.5. The van der Waals surface area contributed by atoms with Crippen LogP contribution in [0.25, 0.3) is 11.0 Å². The average Bonchev–Trinajstić information content (AvgIpc) is 2.80. The number of aromatic nitrogens is 1. The van der Waals surface area contributed by atoms with E-state index in [4.69, 9.17) is 9.15 Å². The smallest absolute Gasteiger partial charge is 0.340 e. The summed E-state index contributed by atoms with van der Waals surface area (Å²) in [6.45, 7) is 4.87. The van der Waals surface area contributed by atoms with Crippen molar-refractivity contribution in [2.75, 3.05) is 4.72 Å². The monoisotopic (exact) mass is 484 g/mol. The Labute approximate surface area is 193 Å². The van der Waals surface area contributed by atoms with Crippen LogP contribution in [0.3, 0.4) is 0 Å². The molecule has 0 spiro atoms. The van der Waals surface area contributed by atoms with Crippen LogP contribution >= 0.6 is 0 Å². The van der Waals surface area contributed by atoms with Gasteiger partial charge in [-0.2, -0.15) is 0 Å². The third-order valence-electron chi connectivity index (χ3n) is 5.12. The van der Waals surface area contributed by atoms with Crippen LogP contribution in [-0.2, 0) is 16.4 Å². The Balaban J connectivity index is 1.69. The number of aryl methyl sites for hydroxylation is 1. The van der Waals surface area contributed by atoms with Gasteiger partial charge in [0.2, 0.25) is 0 Å². The summed E-state index contributed by atoms with van der Waals surface area (Å²) >= 11 is 0. The van der Waals surface area contributed by atoms with Crippen molar-refractivity contribution < 1.29 is 26.4 Å². The van der Waals surface area contributed by atoms with Crippen LogP contribution in [-0.4, -0.2) is 13.4 Å². The van der Waals surface area contributed by atoms with Crippen molar-refractivity contribution in [2.24, 2.45) is 0 Å². The summed E-state index contributed by atoms with van der Waals surface area (Å²) in [7, 11) is -3.91. The number of benzene rings is 2. The van der Waals surface area contributed by atoms with Gasteiger partial charge >= 0.3 is 5.63 Å². The van der Waals surface area contributed by atoms with Crippen molar-refractivity contribution in [3.05, 3.63) is 105 Å². The second-order valence-corrected chi connectivity index (χ2v) is 8.94. The minimum absolute atomic E-state index is 0.101. The van der Waals surface area contributed by atoms with Gasteiger partial charge in [0.05, 0.1) is 5.69 Å². The zero-order valence-corrected chi connectivity index (χ0v) is 18.7. The molecule has 2 heterocycles. The molecule has 0 fully saturated rings. The third kappa shape index (κ3) is 4.67. The summed E-state index contributed by atoms with van der Waals surface area (Å²) in [5.74, 6) is -1.46. The molecule has 1 N–H and O–H groups in total. The van der Waals surface area contributed by atoms with E-state index in [0.29, 0.717) is 16.4 Å². The fourth-order valence-electron chi connectivity index (χ4n) is 3.38. The molecule has 174 valence electrons. The molecule has 0 saturated carbocycles. The number of pyridine rings is 1. The van der Waals surface area contributed by atoms with Gasteiger partial charge in [-0.3, -0.25) is 4.72 Å². The molecule has 0 atom stereocenters. The quantitative estimate of drug-likeness (QED) is 0.369. The molecule has 0 amide bonds. The SMILES string of the molecule is C=CS(=O)(=O)Nc1cccc(Cc2c(C)c3ccc(Oc4ncccc4F)cc3oc2=O)c1F. The number of halogens is 2. The number of nitrogens with one attached hydrogen (secondary N) is 1. The van der Waals surface area contributed by atoms with Crippen LogP contribution in [0.2, 0.25) is 0 Å². The molecule has 10 heteroatoms. The summed E-state index contributed by atoms with van der Waals surface area (Å²) in [5, 5.41) is 1.24. The number of sulfonamides is 1. The first-order chi connectivity index (χ1) is 16.2. The molecule has 34 heavy (non-hydrogen) atoms. The van der Waals surface area contributed by atoms with Gasteiger partial charge < -0.3 is 9.15 Å². The molecule has 0 aliphatic heterocycles. The number of anilines is 1. The van der Waals surface area contributed by atoms with Crippen molar-refractivity contribution in [3.8, 4) is 11.6 Å². The van der Waals surface area contributed by atoms with E-state index in [0.717, 1.165) is 0 Å². The van der Waals surface area contributed by atoms with Crippen LogP contribution in [0.1, 0.15) is 16.7 Å². The van der Waals surface area contributed by atoms with Crippen LogP contribution in [0.4, 0.5) is 14.5 Å². The number of hydrogen-bond donors (Lipinski definition) is 1. The van der Waals surface area contributed by atoms with Crippen LogP contribution in [0, 0.1) is 18.6 Å². The van der Waals surface area contributed by atoms with E-state index in [-0.39, 0.29) is 40.4 Å². The van der Waals surface area contributed by atoms with E-state index in [2.05, 4.69) is 16.3 Å². The summed E-state index contributed by atoms with van der Waals surface area (Å²) in [6.07, 6.45) is 1.25. The Morgan fingerprint density at radius 1 is 1.18 bits per heavy atom. The summed E-state index contributed by atoms with van der Waals surface area (Å²) in [5.41, 5.74) is 0.113. The van der Waals surface area contributed by atoms with E-state index in [1.807, 2.05) is 0 Å². The minimum atomic E-state index is -3.91. The predicted octanol–water partition coefficient (Wildman–Crippen LogP) is 5.04. The summed E-state index contributed by atoms with van der Waals surface area (Å²) in [6, 6.07) is 11.5. The standard InChI is InChI=1S/C24H18F2N2O5S/c1-3-34(30,31)28-20-8-4-6-15(22(20)26)12-18-14(2)17-10-9-16(13-21(17)33-24(18)29)32-23-19(25)7-5-11-27-23/h3-11,13,28H,1,12H2,2H3. The maximum absolute atomic E-state index is 14.9. The molecule has 0 bridgehead atoms. The first kappa shape index (κ1) is 23.1. The highest BCUT2D eigenvalue weighted by Crippen LogP contribution is 2.29. The molecule has 4 aromatic rings. The highest BCUT2D eigenvalue weighted by Gasteiger charge is 2.18. The van der Waals surface area contributed by atoms with Crippen molar-refractivity contribution in [1.82, 2.24) is 4.98 Å². The van der Waals surface area contributed by atoms with Gasteiger partial charge in [-0.15, -0.1) is 0 Å². The lowest BCUT2D eigenvalue weighted by Crippen LogP contribution is -2.13. The molecule has 0 unspecified atom stereocenters. The van der Waals surface area contributed by atoms with Crippen molar-refractivity contribution in [1.29, 1.82) is 0 Å². The second-order valence-electron chi connectivity index (χ2n) is 7.31. The molecule has 0 aliphatic carbocycles. The predicted molar refractivity (Wildman–Crippen MR) is 123 cm³/mol. The van der Waals surface area contributed by atoms with Crippen LogP contribution < -0.4 is 15.1 Å². The van der Waals surface area contributed by atoms with Gasteiger partial charge in [-0.1, -0.05) is 18.7 Å². The molecule has 2 aromatic heterocycles. The summed E-state index contributed by atoms with van der Waals surface area (Å²) < 4.78 is 65.1. The Morgan fingerprint density at radius 3 is 2.71 bits per heavy atom. The lowest BCUT2D eigenvalue weighted by Gasteiger charge is -2.12. The fraction of sp³-hybridized carbons (Fsp3) is 0.0833. The number of nitrogens with zero attached hydrogens (tertiary/aromatic N) is 1. The number of ether oxygens (including phenoxy) is 1. The lowest BCUT2D eigenvalue weighted by atomic mass is 9.99. The molecular formula is C24H18F2N2O5S. The van der Waals surface area contributed by atoms with E-state index in [9.17, 15) is 22.0 Å². The zero-order chi connectivity index (χ0) is 24.5. The van der Waals surface area contributed by atoms with Gasteiger partial charge in [0.15, 0.2) is 11.6 Å². The first-order valence-electron chi connectivity index (χ1n) is 9.96. The van der Waals surface area contributed by atoms with E-state index in [1.54, 1.807) is 19.1 Å². The second kappa shape index (κ2) is 9.06. The molecule has 4 rings (SSSR count). The van der Waals surface area contributed by atoms with Crippen LogP contribution in [0.5, 0.6) is 11.6 Å². The highest BCUT2D eigenvalue weighted by molar-refractivity contribution is 7.95. The van der Waals surface area contributed by atoms with Crippen molar-refractivity contribution >= 4 is 26.7 Å². The summed E-state index contributed by atoms with van der Waals surface area (Å²) in [4.78, 5) is 16.5. The molecule has 0 radical (unpaired) electrons. The van der Waals surface area contributed by atoms with Crippen molar-refractivity contribution in [2.45, 2.75) is 13.3 Å². The van der Waals surface area contributed by atoms with Crippen molar-refractivity contribution in [3.63, 3.8) is 0 Å². The Kier molecular flexibility index (Phi) is 6.16. The lowest BCUT2D eigenvalue weighted by molar-refractivity contribution is 0.422. The number of rotatable bonds is 7. The molecule has 0 saturated heterocycles. The number of fused-ring (bicyclic) bond motifs is 1. The van der Waals surface area contributed by atoms with Gasteiger partial charge in [0, 0.05) is 35.0 Å².